The summed E-state index contributed by atoms with van der Waals surface area (Å²) in [6.07, 6.45) is 6.85. The normalized spacial score (nSPS) is 14.6. The lowest BCUT2D eigenvalue weighted by Gasteiger charge is -2.23. The van der Waals surface area contributed by atoms with Crippen molar-refractivity contribution in [3.05, 3.63) is 59.9 Å². The number of nitrogens with zero attached hydrogens (tertiary/aromatic N) is 6. The highest BCUT2D eigenvalue weighted by Gasteiger charge is 2.21. The molecule has 0 atom stereocenters. The van der Waals surface area contributed by atoms with Crippen molar-refractivity contribution in [3.63, 3.8) is 0 Å². The van der Waals surface area contributed by atoms with Crippen molar-refractivity contribution in [3.8, 4) is 28.5 Å². The number of H-pyrrole nitrogens is 1. The Bertz CT molecular complexity index is 1130. The summed E-state index contributed by atoms with van der Waals surface area (Å²) in [7, 11) is 1.63. The van der Waals surface area contributed by atoms with Gasteiger partial charge in [0.15, 0.2) is 5.82 Å². The molecular formula is C23H25N7O. The predicted molar refractivity (Wildman–Crippen MR) is 117 cm³/mol. The molecule has 1 aliphatic carbocycles. The molecule has 1 fully saturated rings. The Morgan fingerprint density at radius 3 is 2.48 bits per heavy atom. The van der Waals surface area contributed by atoms with Crippen molar-refractivity contribution < 1.29 is 4.74 Å². The maximum Gasteiger partial charge on any atom is 0.335 e. The van der Waals surface area contributed by atoms with Crippen LogP contribution in [0.3, 0.4) is 0 Å². The van der Waals surface area contributed by atoms with Gasteiger partial charge >= 0.3 is 6.01 Å². The minimum absolute atomic E-state index is 0.418. The molecule has 31 heavy (non-hydrogen) atoms. The Balaban J connectivity index is 1.41. The van der Waals surface area contributed by atoms with Crippen LogP contribution in [0.5, 0.6) is 6.01 Å². The van der Waals surface area contributed by atoms with Crippen molar-refractivity contribution in [2.24, 2.45) is 0 Å². The zero-order chi connectivity index (χ0) is 21.0. The molecule has 2 aromatic heterocycles. The molecule has 1 saturated carbocycles. The third-order valence-corrected chi connectivity index (χ3v) is 5.94. The highest BCUT2D eigenvalue weighted by molar-refractivity contribution is 5.80. The molecule has 1 N–H and O–H groups in total. The molecule has 5 rings (SSSR count). The molecule has 8 nitrogen and oxygen atoms in total. The van der Waals surface area contributed by atoms with E-state index in [4.69, 9.17) is 4.74 Å². The summed E-state index contributed by atoms with van der Waals surface area (Å²) in [6.45, 7) is 0. The van der Waals surface area contributed by atoms with Crippen LogP contribution < -0.4 is 4.74 Å². The first-order valence-electron chi connectivity index (χ1n) is 10.7. The SMILES string of the molecule is COc1nc(Cc2ccc(-c3ccccc3-c3nnn[nH]3)cc2)n(C2CCCCC2)n1. The Kier molecular flexibility index (Phi) is 5.43. The van der Waals surface area contributed by atoms with Crippen molar-refractivity contribution in [1.29, 1.82) is 0 Å². The maximum absolute atomic E-state index is 5.33. The first-order valence-corrected chi connectivity index (χ1v) is 10.7. The van der Waals surface area contributed by atoms with Crippen LogP contribution in [0.2, 0.25) is 0 Å². The number of hydrogen-bond donors (Lipinski definition) is 1. The number of methoxy groups -OCH3 is 1. The molecule has 4 aromatic rings. The van der Waals surface area contributed by atoms with E-state index < -0.39 is 0 Å². The first kappa shape index (κ1) is 19.4. The van der Waals surface area contributed by atoms with Crippen LogP contribution in [-0.2, 0) is 6.42 Å². The van der Waals surface area contributed by atoms with E-state index in [9.17, 15) is 0 Å². The van der Waals surface area contributed by atoms with Gasteiger partial charge in [-0.05, 0) is 40.0 Å². The van der Waals surface area contributed by atoms with Gasteiger partial charge in [-0.25, -0.2) is 9.78 Å². The fourth-order valence-corrected chi connectivity index (χ4v) is 4.36. The number of aromatic nitrogens is 7. The Hall–Kier alpha value is -3.55. The molecule has 0 radical (unpaired) electrons. The monoisotopic (exact) mass is 415 g/mol. The third kappa shape index (κ3) is 4.05. The summed E-state index contributed by atoms with van der Waals surface area (Å²) in [5.74, 6) is 1.62. The van der Waals surface area contributed by atoms with E-state index in [0.29, 0.717) is 17.9 Å². The van der Waals surface area contributed by atoms with Crippen LogP contribution in [0.15, 0.2) is 48.5 Å². The molecule has 2 heterocycles. The van der Waals surface area contributed by atoms with Crippen molar-refractivity contribution in [2.45, 2.75) is 44.6 Å². The molecular weight excluding hydrogens is 390 g/mol. The average molecular weight is 416 g/mol. The van der Waals surface area contributed by atoms with Gasteiger partial charge in [0, 0.05) is 12.0 Å². The van der Waals surface area contributed by atoms with Crippen LogP contribution in [0, 0.1) is 0 Å². The molecule has 2 aromatic carbocycles. The molecule has 8 heteroatoms. The molecule has 0 aliphatic heterocycles. The van der Waals surface area contributed by atoms with E-state index in [1.807, 2.05) is 18.2 Å². The maximum atomic E-state index is 5.33. The van der Waals surface area contributed by atoms with Crippen LogP contribution in [0.4, 0.5) is 0 Å². The number of nitrogens with one attached hydrogen (secondary N) is 1. The second-order valence-corrected chi connectivity index (χ2v) is 7.92. The smallest absolute Gasteiger partial charge is 0.335 e. The number of rotatable bonds is 6. The predicted octanol–water partition coefficient (Wildman–Crippen LogP) is 4.23. The lowest BCUT2D eigenvalue weighted by atomic mass is 9.95. The van der Waals surface area contributed by atoms with Gasteiger partial charge in [0.2, 0.25) is 0 Å². The second kappa shape index (κ2) is 8.67. The Morgan fingerprint density at radius 2 is 1.77 bits per heavy atom. The summed E-state index contributed by atoms with van der Waals surface area (Å²) in [5.41, 5.74) is 4.36. The highest BCUT2D eigenvalue weighted by atomic mass is 16.5. The lowest BCUT2D eigenvalue weighted by molar-refractivity contribution is 0.311. The second-order valence-electron chi connectivity index (χ2n) is 7.92. The zero-order valence-corrected chi connectivity index (χ0v) is 17.5. The van der Waals surface area contributed by atoms with Crippen LogP contribution in [-0.4, -0.2) is 42.5 Å². The highest BCUT2D eigenvalue weighted by Crippen LogP contribution is 2.31. The van der Waals surface area contributed by atoms with E-state index in [-0.39, 0.29) is 0 Å². The topological polar surface area (TPSA) is 94.4 Å². The summed E-state index contributed by atoms with van der Waals surface area (Å²) in [5, 5.41) is 18.9. The van der Waals surface area contributed by atoms with Gasteiger partial charge in [0.25, 0.3) is 0 Å². The quantitative estimate of drug-likeness (QED) is 0.506. The van der Waals surface area contributed by atoms with Gasteiger partial charge in [0.1, 0.15) is 5.82 Å². The molecule has 0 spiro atoms. The van der Waals surface area contributed by atoms with Crippen molar-refractivity contribution in [1.82, 2.24) is 35.4 Å². The third-order valence-electron chi connectivity index (χ3n) is 5.94. The van der Waals surface area contributed by atoms with Gasteiger partial charge < -0.3 is 4.74 Å². The van der Waals surface area contributed by atoms with E-state index >= 15 is 0 Å². The largest absolute Gasteiger partial charge is 0.466 e. The minimum Gasteiger partial charge on any atom is -0.466 e. The van der Waals surface area contributed by atoms with Crippen molar-refractivity contribution in [2.75, 3.05) is 7.11 Å². The fourth-order valence-electron chi connectivity index (χ4n) is 4.36. The summed E-state index contributed by atoms with van der Waals surface area (Å²) >= 11 is 0. The van der Waals surface area contributed by atoms with E-state index in [0.717, 1.165) is 41.8 Å². The number of hydrogen-bond acceptors (Lipinski definition) is 6. The van der Waals surface area contributed by atoms with Crippen LogP contribution in [0.25, 0.3) is 22.5 Å². The molecule has 0 bridgehead atoms. The van der Waals surface area contributed by atoms with E-state index in [2.05, 4.69) is 65.7 Å². The molecule has 158 valence electrons. The molecule has 1 aliphatic rings. The van der Waals surface area contributed by atoms with Crippen LogP contribution >= 0.6 is 0 Å². The van der Waals surface area contributed by atoms with Crippen molar-refractivity contribution >= 4 is 0 Å². The molecule has 0 saturated heterocycles. The van der Waals surface area contributed by atoms with Gasteiger partial charge in [-0.2, -0.15) is 4.98 Å². The van der Waals surface area contributed by atoms with E-state index in [1.165, 1.54) is 24.8 Å². The average Bonchev–Trinajstić information content (AvgIpc) is 3.51. The zero-order valence-electron chi connectivity index (χ0n) is 17.5. The number of aromatic amines is 1. The van der Waals surface area contributed by atoms with Gasteiger partial charge in [0.05, 0.1) is 13.2 Å². The van der Waals surface area contributed by atoms with Crippen LogP contribution in [0.1, 0.15) is 49.5 Å². The molecule has 0 amide bonds. The van der Waals surface area contributed by atoms with Gasteiger partial charge in [-0.1, -0.05) is 67.8 Å². The fraction of sp³-hybridized carbons (Fsp3) is 0.348. The summed E-state index contributed by atoms with van der Waals surface area (Å²) in [4.78, 5) is 4.63. The molecule has 0 unspecified atom stereocenters. The summed E-state index contributed by atoms with van der Waals surface area (Å²) < 4.78 is 7.42. The first-order chi connectivity index (χ1) is 15.3. The lowest BCUT2D eigenvalue weighted by Crippen LogP contribution is -2.17. The van der Waals surface area contributed by atoms with Gasteiger partial charge in [-0.15, -0.1) is 10.2 Å². The standard InChI is InChI=1S/C23H25N7O/c1-31-23-24-21(30(27-23)18-7-3-2-4-8-18)15-16-11-13-17(14-12-16)19-9-5-6-10-20(19)22-25-28-29-26-22/h5-6,9-14,18H,2-4,7-8,15H2,1H3,(H,25,26,28,29). The summed E-state index contributed by atoms with van der Waals surface area (Å²) in [6, 6.07) is 17.5. The van der Waals surface area contributed by atoms with E-state index in [1.54, 1.807) is 7.11 Å². The Labute approximate surface area is 180 Å². The van der Waals surface area contributed by atoms with Gasteiger partial charge in [-0.3, -0.25) is 0 Å². The minimum atomic E-state index is 0.418. The number of tetrazole rings is 1. The number of benzene rings is 2. The Morgan fingerprint density at radius 1 is 1.00 bits per heavy atom. The number of ether oxygens (including phenoxy) is 1.